The van der Waals surface area contributed by atoms with Crippen LogP contribution in [0.15, 0.2) is 4.99 Å². The molecule has 22 heavy (non-hydrogen) atoms. The second-order valence-corrected chi connectivity index (χ2v) is 6.88. The van der Waals surface area contributed by atoms with Gasteiger partial charge in [-0.1, -0.05) is 40.0 Å². The molecule has 1 amide bonds. The number of carbonyl (C=O) groups is 1. The summed E-state index contributed by atoms with van der Waals surface area (Å²) in [6, 6.07) is 0. The first-order chi connectivity index (χ1) is 10.6. The first-order valence-corrected chi connectivity index (χ1v) is 9.34. The quantitative estimate of drug-likeness (QED) is 0.575. The summed E-state index contributed by atoms with van der Waals surface area (Å²) in [4.78, 5) is 18.1. The predicted octanol–water partition coefficient (Wildman–Crippen LogP) is 4.56. The average Bonchev–Trinajstić information content (AvgIpc) is 2.54. The molecule has 0 aromatic rings. The fourth-order valence-corrected chi connectivity index (χ4v) is 3.82. The summed E-state index contributed by atoms with van der Waals surface area (Å²) in [6.07, 6.45) is 11.6. The van der Waals surface area contributed by atoms with Crippen LogP contribution in [0.2, 0.25) is 0 Å². The van der Waals surface area contributed by atoms with Crippen LogP contribution >= 0.6 is 0 Å². The molecule has 0 aromatic carbocycles. The lowest BCUT2D eigenvalue weighted by molar-refractivity contribution is -0.132. The molecular weight excluding hydrogens is 272 g/mol. The number of hydrogen-bond donors (Lipinski definition) is 0. The number of rotatable bonds is 9. The first-order valence-electron chi connectivity index (χ1n) is 9.34. The zero-order chi connectivity index (χ0) is 16.4. The summed E-state index contributed by atoms with van der Waals surface area (Å²) in [5.41, 5.74) is 0. The highest BCUT2D eigenvalue weighted by molar-refractivity contribution is 5.75. The van der Waals surface area contributed by atoms with E-state index in [-0.39, 0.29) is 0 Å². The molecule has 3 heteroatoms. The van der Waals surface area contributed by atoms with Gasteiger partial charge in [0.2, 0.25) is 5.91 Å². The van der Waals surface area contributed by atoms with Gasteiger partial charge >= 0.3 is 0 Å². The number of nitrogens with zero attached hydrogens (tertiary/aromatic N) is 2. The van der Waals surface area contributed by atoms with Gasteiger partial charge in [0.15, 0.2) is 0 Å². The molecule has 1 aliphatic heterocycles. The van der Waals surface area contributed by atoms with E-state index >= 15 is 0 Å². The monoisotopic (exact) mass is 308 g/mol. The highest BCUT2D eigenvalue weighted by atomic mass is 16.2. The average molecular weight is 309 g/mol. The molecule has 1 heterocycles. The minimum absolute atomic E-state index is 0.319. The Morgan fingerprint density at radius 3 is 2.45 bits per heavy atom. The molecule has 0 aliphatic carbocycles. The van der Waals surface area contributed by atoms with Gasteiger partial charge in [0, 0.05) is 32.8 Å². The van der Waals surface area contributed by atoms with E-state index in [1.54, 1.807) is 0 Å². The number of hydrogen-bond acceptors (Lipinski definition) is 2. The normalized spacial score (nSPS) is 19.5. The summed E-state index contributed by atoms with van der Waals surface area (Å²) in [5, 5.41) is 0. The van der Waals surface area contributed by atoms with Gasteiger partial charge in [-0.25, -0.2) is 0 Å². The zero-order valence-corrected chi connectivity index (χ0v) is 15.2. The van der Waals surface area contributed by atoms with Gasteiger partial charge in [-0.15, -0.1) is 0 Å². The molecule has 0 aromatic heterocycles. The third-order valence-corrected chi connectivity index (χ3v) is 5.18. The molecule has 1 rings (SSSR count). The summed E-state index contributed by atoms with van der Waals surface area (Å²) < 4.78 is 0. The van der Waals surface area contributed by atoms with E-state index < -0.39 is 0 Å². The van der Waals surface area contributed by atoms with Gasteiger partial charge in [-0.3, -0.25) is 4.79 Å². The van der Waals surface area contributed by atoms with Gasteiger partial charge in [-0.05, 0) is 43.4 Å². The van der Waals surface area contributed by atoms with E-state index in [0.29, 0.717) is 18.2 Å². The molecule has 0 saturated carbocycles. The molecule has 0 radical (unpaired) electrons. The highest BCUT2D eigenvalue weighted by Gasteiger charge is 2.24. The van der Waals surface area contributed by atoms with Crippen LogP contribution < -0.4 is 0 Å². The molecule has 0 spiro atoms. The molecule has 128 valence electrons. The number of carbonyl (C=O) groups excluding carboxylic acids is 1. The maximum atomic E-state index is 11.8. The number of likely N-dealkylation sites (tertiary alicyclic amines) is 1. The number of aliphatic imine (C=N–C) groups is 1. The van der Waals surface area contributed by atoms with Crippen LogP contribution in [-0.2, 0) is 4.79 Å². The minimum atomic E-state index is 0.319. The standard InChI is InChI=1S/C19H36N2O/c1-5-8-16(6-2)13-18(15-20-4)14-17-9-11-21(12-10-17)19(22)7-3/h15-18H,5-14H2,1-4H3. The van der Waals surface area contributed by atoms with Crippen molar-refractivity contribution in [3.8, 4) is 0 Å². The van der Waals surface area contributed by atoms with Crippen molar-refractivity contribution in [2.45, 2.75) is 72.1 Å². The van der Waals surface area contributed by atoms with Gasteiger partial charge < -0.3 is 9.89 Å². The molecule has 1 saturated heterocycles. The van der Waals surface area contributed by atoms with E-state index in [4.69, 9.17) is 0 Å². The van der Waals surface area contributed by atoms with Crippen LogP contribution in [0.1, 0.15) is 72.1 Å². The lowest BCUT2D eigenvalue weighted by atomic mass is 9.81. The van der Waals surface area contributed by atoms with Crippen LogP contribution in [0.5, 0.6) is 0 Å². The molecule has 1 fully saturated rings. The van der Waals surface area contributed by atoms with E-state index in [1.165, 1.54) is 44.9 Å². The number of amides is 1. The Kier molecular flexibility index (Phi) is 9.42. The largest absolute Gasteiger partial charge is 0.343 e. The lowest BCUT2D eigenvalue weighted by Crippen LogP contribution is -2.38. The molecule has 2 atom stereocenters. The topological polar surface area (TPSA) is 32.7 Å². The van der Waals surface area contributed by atoms with Crippen LogP contribution in [-0.4, -0.2) is 37.2 Å². The maximum absolute atomic E-state index is 11.8. The molecule has 0 bridgehead atoms. The van der Waals surface area contributed by atoms with Crippen molar-refractivity contribution in [2.24, 2.45) is 22.7 Å². The van der Waals surface area contributed by atoms with Gasteiger partial charge in [-0.2, -0.15) is 0 Å². The number of piperidine rings is 1. The molecule has 0 N–H and O–H groups in total. The Hall–Kier alpha value is -0.860. The van der Waals surface area contributed by atoms with Crippen LogP contribution in [0.25, 0.3) is 0 Å². The van der Waals surface area contributed by atoms with Gasteiger partial charge in [0.25, 0.3) is 0 Å². The van der Waals surface area contributed by atoms with E-state index in [1.807, 2.05) is 18.9 Å². The smallest absolute Gasteiger partial charge is 0.222 e. The molecule has 2 unspecified atom stereocenters. The SMILES string of the molecule is CCCC(CC)CC(C=NC)CC1CCN(C(=O)CC)CC1. The van der Waals surface area contributed by atoms with Crippen molar-refractivity contribution in [1.82, 2.24) is 4.90 Å². The Morgan fingerprint density at radius 1 is 1.27 bits per heavy atom. The first kappa shape index (κ1) is 19.2. The Balaban J connectivity index is 2.45. The molecule has 3 nitrogen and oxygen atoms in total. The fourth-order valence-electron chi connectivity index (χ4n) is 3.82. The lowest BCUT2D eigenvalue weighted by Gasteiger charge is -2.33. The van der Waals surface area contributed by atoms with E-state index in [2.05, 4.69) is 25.1 Å². The maximum Gasteiger partial charge on any atom is 0.222 e. The van der Waals surface area contributed by atoms with Crippen LogP contribution in [0.3, 0.4) is 0 Å². The third kappa shape index (κ3) is 6.50. The third-order valence-electron chi connectivity index (χ3n) is 5.18. The Labute approximate surface area is 137 Å². The summed E-state index contributed by atoms with van der Waals surface area (Å²) >= 11 is 0. The van der Waals surface area contributed by atoms with Crippen LogP contribution in [0.4, 0.5) is 0 Å². The summed E-state index contributed by atoms with van der Waals surface area (Å²) in [6.45, 7) is 8.47. The van der Waals surface area contributed by atoms with E-state index in [0.717, 1.165) is 24.9 Å². The zero-order valence-electron chi connectivity index (χ0n) is 15.2. The fraction of sp³-hybridized carbons (Fsp3) is 0.895. The summed E-state index contributed by atoms with van der Waals surface area (Å²) in [7, 11) is 1.90. The van der Waals surface area contributed by atoms with Crippen molar-refractivity contribution in [3.63, 3.8) is 0 Å². The van der Waals surface area contributed by atoms with E-state index in [9.17, 15) is 4.79 Å². The Morgan fingerprint density at radius 2 is 1.95 bits per heavy atom. The second-order valence-electron chi connectivity index (χ2n) is 6.88. The van der Waals surface area contributed by atoms with Crippen molar-refractivity contribution in [3.05, 3.63) is 0 Å². The van der Waals surface area contributed by atoms with Crippen molar-refractivity contribution >= 4 is 12.1 Å². The van der Waals surface area contributed by atoms with Gasteiger partial charge in [0.1, 0.15) is 0 Å². The second kappa shape index (κ2) is 10.8. The predicted molar refractivity (Wildman–Crippen MR) is 95.4 cm³/mol. The van der Waals surface area contributed by atoms with Crippen molar-refractivity contribution in [2.75, 3.05) is 20.1 Å². The van der Waals surface area contributed by atoms with Gasteiger partial charge in [0.05, 0.1) is 0 Å². The van der Waals surface area contributed by atoms with Crippen LogP contribution in [0, 0.1) is 17.8 Å². The summed E-state index contributed by atoms with van der Waals surface area (Å²) in [5.74, 6) is 2.55. The van der Waals surface area contributed by atoms with Crippen molar-refractivity contribution < 1.29 is 4.79 Å². The van der Waals surface area contributed by atoms with Crippen molar-refractivity contribution in [1.29, 1.82) is 0 Å². The Bertz CT molecular complexity index is 332. The highest BCUT2D eigenvalue weighted by Crippen LogP contribution is 2.29. The minimum Gasteiger partial charge on any atom is -0.343 e. The molecule has 1 aliphatic rings. The molecular formula is C19H36N2O.